The van der Waals surface area contributed by atoms with Crippen LogP contribution in [0.4, 0.5) is 11.4 Å². The number of fused-ring (bicyclic) bond motifs is 1. The Bertz CT molecular complexity index is 907. The van der Waals surface area contributed by atoms with Gasteiger partial charge in [0.05, 0.1) is 11.3 Å². The number of hydrogen-bond donors (Lipinski definition) is 2. The highest BCUT2D eigenvalue weighted by atomic mass is 16.7. The number of anilines is 2. The molecule has 1 heterocycles. The second-order valence-electron chi connectivity index (χ2n) is 6.54. The molecule has 0 bridgehead atoms. The van der Waals surface area contributed by atoms with Crippen molar-refractivity contribution in [3.05, 3.63) is 60.2 Å². The zero-order chi connectivity index (χ0) is 18.6. The van der Waals surface area contributed by atoms with Crippen LogP contribution in [0, 0.1) is 5.92 Å². The number of allylic oxidation sites excluding steroid dienone is 2. The normalized spacial score (nSPS) is 17.4. The molecule has 0 spiro atoms. The van der Waals surface area contributed by atoms with Gasteiger partial charge in [0.2, 0.25) is 12.7 Å². The largest absolute Gasteiger partial charge is 0.454 e. The second kappa shape index (κ2) is 7.53. The molecule has 138 valence electrons. The molecule has 0 saturated heterocycles. The van der Waals surface area contributed by atoms with Crippen molar-refractivity contribution in [1.29, 1.82) is 0 Å². The molecule has 1 aliphatic heterocycles. The summed E-state index contributed by atoms with van der Waals surface area (Å²) in [7, 11) is 0. The molecule has 27 heavy (non-hydrogen) atoms. The maximum Gasteiger partial charge on any atom is 0.257 e. The molecule has 6 nitrogen and oxygen atoms in total. The van der Waals surface area contributed by atoms with Crippen molar-refractivity contribution in [3.63, 3.8) is 0 Å². The third-order valence-electron chi connectivity index (χ3n) is 4.70. The number of hydrogen-bond acceptors (Lipinski definition) is 4. The van der Waals surface area contributed by atoms with Gasteiger partial charge in [-0.15, -0.1) is 0 Å². The van der Waals surface area contributed by atoms with E-state index in [1.807, 2.05) is 6.08 Å². The average Bonchev–Trinajstić information content (AvgIpc) is 3.17. The molecule has 0 fully saturated rings. The van der Waals surface area contributed by atoms with Crippen LogP contribution < -0.4 is 20.1 Å². The molecular weight excluding hydrogens is 344 g/mol. The van der Waals surface area contributed by atoms with Gasteiger partial charge in [0.25, 0.3) is 5.91 Å². The Hall–Kier alpha value is -3.28. The van der Waals surface area contributed by atoms with Gasteiger partial charge in [-0.25, -0.2) is 0 Å². The van der Waals surface area contributed by atoms with Crippen LogP contribution in [0.15, 0.2) is 54.6 Å². The molecule has 2 aromatic carbocycles. The van der Waals surface area contributed by atoms with E-state index in [1.165, 1.54) is 0 Å². The number of para-hydroxylation sites is 1. The summed E-state index contributed by atoms with van der Waals surface area (Å²) < 4.78 is 10.6. The fraction of sp³-hybridized carbons (Fsp3) is 0.238. The maximum atomic E-state index is 12.7. The predicted octanol–water partition coefficient (Wildman–Crippen LogP) is 3.96. The van der Waals surface area contributed by atoms with Gasteiger partial charge in [0.15, 0.2) is 11.5 Å². The van der Waals surface area contributed by atoms with E-state index in [1.54, 1.807) is 42.5 Å². The third kappa shape index (κ3) is 3.79. The van der Waals surface area contributed by atoms with Crippen molar-refractivity contribution < 1.29 is 19.1 Å². The lowest BCUT2D eigenvalue weighted by Crippen LogP contribution is -2.25. The zero-order valence-electron chi connectivity index (χ0n) is 14.7. The van der Waals surface area contributed by atoms with Crippen LogP contribution in [0.25, 0.3) is 0 Å². The highest BCUT2D eigenvalue weighted by Gasteiger charge is 2.21. The minimum Gasteiger partial charge on any atom is -0.454 e. The lowest BCUT2D eigenvalue weighted by Gasteiger charge is -2.18. The number of benzene rings is 2. The maximum absolute atomic E-state index is 12.7. The number of amides is 2. The van der Waals surface area contributed by atoms with Crippen molar-refractivity contribution in [2.24, 2.45) is 5.92 Å². The highest BCUT2D eigenvalue weighted by Crippen LogP contribution is 2.34. The quantitative estimate of drug-likeness (QED) is 0.805. The Labute approximate surface area is 157 Å². The molecule has 2 aromatic rings. The van der Waals surface area contributed by atoms with E-state index in [4.69, 9.17) is 9.47 Å². The molecular formula is C21H20N2O4. The first-order valence-corrected chi connectivity index (χ1v) is 8.96. The first-order chi connectivity index (χ1) is 13.2. The van der Waals surface area contributed by atoms with Gasteiger partial charge in [0.1, 0.15) is 0 Å². The molecule has 0 saturated carbocycles. The van der Waals surface area contributed by atoms with Gasteiger partial charge in [-0.1, -0.05) is 24.3 Å². The average molecular weight is 364 g/mol. The molecule has 1 atom stereocenters. The van der Waals surface area contributed by atoms with Crippen molar-refractivity contribution in [2.75, 3.05) is 17.4 Å². The molecule has 1 aliphatic carbocycles. The van der Waals surface area contributed by atoms with E-state index >= 15 is 0 Å². The van der Waals surface area contributed by atoms with E-state index in [-0.39, 0.29) is 24.5 Å². The van der Waals surface area contributed by atoms with Gasteiger partial charge >= 0.3 is 0 Å². The molecule has 4 rings (SSSR count). The molecule has 6 heteroatoms. The zero-order valence-corrected chi connectivity index (χ0v) is 14.7. The minimum absolute atomic E-state index is 0.0531. The van der Waals surface area contributed by atoms with E-state index in [9.17, 15) is 9.59 Å². The van der Waals surface area contributed by atoms with Crippen LogP contribution in [0.5, 0.6) is 11.5 Å². The van der Waals surface area contributed by atoms with E-state index in [2.05, 4.69) is 16.7 Å². The number of carbonyl (C=O) groups excluding carboxylic acids is 2. The van der Waals surface area contributed by atoms with Gasteiger partial charge in [-0.05, 0) is 43.5 Å². The lowest BCUT2D eigenvalue weighted by molar-refractivity contribution is -0.120. The highest BCUT2D eigenvalue weighted by molar-refractivity contribution is 6.10. The van der Waals surface area contributed by atoms with Crippen LogP contribution in [0.1, 0.15) is 29.6 Å². The second-order valence-corrected chi connectivity index (χ2v) is 6.54. The number of carbonyl (C=O) groups is 2. The van der Waals surface area contributed by atoms with E-state index < -0.39 is 0 Å². The van der Waals surface area contributed by atoms with Gasteiger partial charge < -0.3 is 20.1 Å². The minimum atomic E-state index is -0.298. The van der Waals surface area contributed by atoms with Crippen LogP contribution >= 0.6 is 0 Å². The molecule has 2 N–H and O–H groups in total. The fourth-order valence-corrected chi connectivity index (χ4v) is 3.23. The predicted molar refractivity (Wildman–Crippen MR) is 102 cm³/mol. The van der Waals surface area contributed by atoms with Crippen LogP contribution in [-0.2, 0) is 4.79 Å². The Kier molecular flexibility index (Phi) is 4.78. The Balaban J connectivity index is 1.49. The Morgan fingerprint density at radius 1 is 0.963 bits per heavy atom. The Morgan fingerprint density at radius 3 is 2.67 bits per heavy atom. The van der Waals surface area contributed by atoms with E-state index in [0.29, 0.717) is 28.4 Å². The number of ether oxygens (including phenoxy) is 2. The SMILES string of the molecule is O=C(Nc1ccc2c(c1)OCO2)c1ccccc1NC(=O)C1CC=CCC1. The number of nitrogens with one attached hydrogen (secondary N) is 2. The summed E-state index contributed by atoms with van der Waals surface area (Å²) in [5.41, 5.74) is 1.52. The molecule has 0 radical (unpaired) electrons. The van der Waals surface area contributed by atoms with Gasteiger partial charge in [-0.3, -0.25) is 9.59 Å². The number of rotatable bonds is 4. The summed E-state index contributed by atoms with van der Waals surface area (Å²) in [6.45, 7) is 0.179. The standard InChI is InChI=1S/C21H20N2O4/c24-20(14-6-2-1-3-7-14)23-17-9-5-4-8-16(17)21(25)22-15-10-11-18-19(12-15)27-13-26-18/h1-2,4-5,8-12,14H,3,6-7,13H2,(H,22,25)(H,23,24). The van der Waals surface area contributed by atoms with Gasteiger partial charge in [0, 0.05) is 17.7 Å². The Morgan fingerprint density at radius 2 is 1.81 bits per heavy atom. The van der Waals surface area contributed by atoms with Crippen LogP contribution in [-0.4, -0.2) is 18.6 Å². The summed E-state index contributed by atoms with van der Waals surface area (Å²) in [6, 6.07) is 12.2. The summed E-state index contributed by atoms with van der Waals surface area (Å²) in [6.07, 6.45) is 6.60. The lowest BCUT2D eigenvalue weighted by atomic mass is 9.93. The topological polar surface area (TPSA) is 76.7 Å². The summed E-state index contributed by atoms with van der Waals surface area (Å²) in [4.78, 5) is 25.3. The molecule has 2 amide bonds. The summed E-state index contributed by atoms with van der Waals surface area (Å²) in [5.74, 6) is 0.845. The van der Waals surface area contributed by atoms with Crippen molar-refractivity contribution >= 4 is 23.2 Å². The van der Waals surface area contributed by atoms with Crippen LogP contribution in [0.3, 0.4) is 0 Å². The van der Waals surface area contributed by atoms with Gasteiger partial charge in [-0.2, -0.15) is 0 Å². The molecule has 0 aromatic heterocycles. The van der Waals surface area contributed by atoms with Crippen molar-refractivity contribution in [2.45, 2.75) is 19.3 Å². The summed E-state index contributed by atoms with van der Waals surface area (Å²) >= 11 is 0. The summed E-state index contributed by atoms with van der Waals surface area (Å²) in [5, 5.41) is 5.75. The van der Waals surface area contributed by atoms with E-state index in [0.717, 1.165) is 19.3 Å². The van der Waals surface area contributed by atoms with Crippen molar-refractivity contribution in [3.8, 4) is 11.5 Å². The molecule has 2 aliphatic rings. The molecule has 1 unspecified atom stereocenters. The third-order valence-corrected chi connectivity index (χ3v) is 4.70. The van der Waals surface area contributed by atoms with Crippen LogP contribution in [0.2, 0.25) is 0 Å². The first-order valence-electron chi connectivity index (χ1n) is 8.96. The first kappa shape index (κ1) is 17.1. The fourth-order valence-electron chi connectivity index (χ4n) is 3.23. The monoisotopic (exact) mass is 364 g/mol. The van der Waals surface area contributed by atoms with Crippen molar-refractivity contribution in [1.82, 2.24) is 0 Å². The smallest absolute Gasteiger partial charge is 0.257 e.